The maximum absolute atomic E-state index is 13.3. The predicted molar refractivity (Wildman–Crippen MR) is 114 cm³/mol. The summed E-state index contributed by atoms with van der Waals surface area (Å²) < 4.78 is 10.5. The summed E-state index contributed by atoms with van der Waals surface area (Å²) in [5.74, 6) is -1.35. The molecule has 2 atom stereocenters. The highest BCUT2D eigenvalue weighted by Crippen LogP contribution is 2.33. The first kappa shape index (κ1) is 26.4. The number of carbonyl (C=O) groups is 4. The van der Waals surface area contributed by atoms with Crippen LogP contribution in [0.1, 0.15) is 38.7 Å². The van der Waals surface area contributed by atoms with Crippen molar-refractivity contribution in [3.8, 4) is 0 Å². The van der Waals surface area contributed by atoms with Gasteiger partial charge in [-0.05, 0) is 18.4 Å². The zero-order chi connectivity index (χ0) is 24.1. The van der Waals surface area contributed by atoms with E-state index in [-0.39, 0.29) is 19.6 Å². The third-order valence-electron chi connectivity index (χ3n) is 4.88. The minimum atomic E-state index is -1.55. The summed E-state index contributed by atoms with van der Waals surface area (Å²) in [7, 11) is 0. The van der Waals surface area contributed by atoms with Crippen molar-refractivity contribution in [3.63, 3.8) is 0 Å². The number of carbonyl (C=O) groups excluding carboxylic acids is 4. The Morgan fingerprint density at radius 3 is 2.38 bits per heavy atom. The molecule has 0 aliphatic carbocycles. The summed E-state index contributed by atoms with van der Waals surface area (Å²) in [6.45, 7) is 3.84. The van der Waals surface area contributed by atoms with E-state index in [0.29, 0.717) is 12.2 Å². The molecule has 2 rings (SSSR count). The molecule has 1 aliphatic rings. The number of nitrogens with zero attached hydrogens (tertiary/aromatic N) is 4. The number of urea groups is 1. The Morgan fingerprint density at radius 2 is 1.84 bits per heavy atom. The normalized spacial score (nSPS) is 18.7. The molecule has 1 heterocycles. The Morgan fingerprint density at radius 1 is 1.22 bits per heavy atom. The van der Waals surface area contributed by atoms with Crippen LogP contribution in [0.4, 0.5) is 9.59 Å². The quantitative estimate of drug-likeness (QED) is 0.182. The van der Waals surface area contributed by atoms with E-state index in [1.165, 1.54) is 4.91 Å². The van der Waals surface area contributed by atoms with Crippen LogP contribution in [0, 0.1) is 0 Å². The summed E-state index contributed by atoms with van der Waals surface area (Å²) in [6, 6.07) is 7.67. The lowest BCUT2D eigenvalue weighted by atomic mass is 9.74. The first-order valence-corrected chi connectivity index (χ1v) is 10.0. The van der Waals surface area contributed by atoms with E-state index in [1.54, 1.807) is 37.3 Å². The van der Waals surface area contributed by atoms with E-state index in [2.05, 4.69) is 5.32 Å². The van der Waals surface area contributed by atoms with Crippen molar-refractivity contribution in [2.75, 3.05) is 19.8 Å². The molecule has 174 valence electrons. The molecule has 32 heavy (non-hydrogen) atoms. The molecule has 1 aromatic carbocycles. The Labute approximate surface area is 185 Å². The maximum Gasteiger partial charge on any atom is 0.404 e. The highest BCUT2D eigenvalue weighted by Gasteiger charge is 2.54. The van der Waals surface area contributed by atoms with Crippen LogP contribution in [0.2, 0.25) is 0 Å². The van der Waals surface area contributed by atoms with Gasteiger partial charge in [0, 0.05) is 6.61 Å². The lowest BCUT2D eigenvalue weighted by Crippen LogP contribution is -2.67. The summed E-state index contributed by atoms with van der Waals surface area (Å²) in [5, 5.41) is 2.25. The fourth-order valence-electron chi connectivity index (χ4n) is 3.30. The van der Waals surface area contributed by atoms with Crippen LogP contribution in [-0.4, -0.2) is 54.7 Å². The number of unbranched alkanes of at least 4 members (excludes halogenated alkanes) is 1. The maximum atomic E-state index is 13.3. The Balaban J connectivity index is 0.00000161. The molecule has 0 spiro atoms. The van der Waals surface area contributed by atoms with Gasteiger partial charge in [0.15, 0.2) is 5.41 Å². The van der Waals surface area contributed by atoms with Gasteiger partial charge in [0.1, 0.15) is 6.10 Å². The van der Waals surface area contributed by atoms with Crippen molar-refractivity contribution in [1.29, 1.82) is 0 Å². The zero-order valence-corrected chi connectivity index (χ0v) is 18.0. The van der Waals surface area contributed by atoms with Crippen molar-refractivity contribution in [2.24, 2.45) is 5.73 Å². The molecule has 12 heteroatoms. The largest absolute Gasteiger partial charge is 0.442 e. The number of amides is 5. The number of hydrogen-bond donors (Lipinski definition) is 2. The summed E-state index contributed by atoms with van der Waals surface area (Å²) in [5.41, 5.74) is 17.6. The van der Waals surface area contributed by atoms with Gasteiger partial charge in [-0.1, -0.05) is 50.6 Å². The average Bonchev–Trinajstić information content (AvgIpc) is 2.75. The van der Waals surface area contributed by atoms with Gasteiger partial charge in [-0.25, -0.2) is 9.59 Å². The number of primary amides is 1. The lowest BCUT2D eigenvalue weighted by molar-refractivity contribution is -0.146. The summed E-state index contributed by atoms with van der Waals surface area (Å²) >= 11 is 0. The molecule has 1 fully saturated rings. The molecule has 1 aliphatic heterocycles. The molecule has 5 amide bonds. The zero-order valence-electron chi connectivity index (χ0n) is 18.0. The van der Waals surface area contributed by atoms with E-state index < -0.39 is 35.5 Å². The van der Waals surface area contributed by atoms with Gasteiger partial charge in [-0.3, -0.25) is 24.7 Å². The second-order valence-electron chi connectivity index (χ2n) is 6.88. The van der Waals surface area contributed by atoms with E-state index in [0.717, 1.165) is 17.7 Å². The van der Waals surface area contributed by atoms with Crippen molar-refractivity contribution in [2.45, 2.75) is 44.6 Å². The second kappa shape index (κ2) is 12.9. The van der Waals surface area contributed by atoms with E-state index in [9.17, 15) is 19.2 Å². The van der Waals surface area contributed by atoms with Gasteiger partial charge in [0.25, 0.3) is 5.91 Å². The molecule has 1 saturated heterocycles. The van der Waals surface area contributed by atoms with Crippen LogP contribution < -0.4 is 11.1 Å². The monoisotopic (exact) mass is 447 g/mol. The van der Waals surface area contributed by atoms with Gasteiger partial charge in [-0.2, -0.15) is 0 Å². The molecule has 3 N–H and O–H groups in total. The Hall–Kier alpha value is -3.63. The number of barbiturate groups is 1. The van der Waals surface area contributed by atoms with Crippen LogP contribution in [0.25, 0.3) is 16.0 Å². The average molecular weight is 447 g/mol. The predicted octanol–water partition coefficient (Wildman–Crippen LogP) is 2.56. The van der Waals surface area contributed by atoms with Crippen LogP contribution in [-0.2, 0) is 24.5 Å². The fourth-order valence-corrected chi connectivity index (χ4v) is 3.30. The third-order valence-corrected chi connectivity index (χ3v) is 4.88. The van der Waals surface area contributed by atoms with Gasteiger partial charge in [-0.15, -0.1) is 0 Å². The number of hydrogen-bond acceptors (Lipinski definition) is 6. The minimum absolute atomic E-state index is 0.0294. The van der Waals surface area contributed by atoms with Crippen molar-refractivity contribution in [3.05, 3.63) is 51.9 Å². The van der Waals surface area contributed by atoms with Crippen LogP contribution in [0.3, 0.4) is 0 Å². The van der Waals surface area contributed by atoms with Crippen LogP contribution in [0.5, 0.6) is 0 Å². The molecule has 2 unspecified atom stereocenters. The second-order valence-corrected chi connectivity index (χ2v) is 6.88. The summed E-state index contributed by atoms with van der Waals surface area (Å²) in [6.07, 6.45) is -0.0994. The first-order valence-electron chi connectivity index (χ1n) is 10.0. The molecule has 0 radical (unpaired) electrons. The van der Waals surface area contributed by atoms with E-state index >= 15 is 0 Å². The summed E-state index contributed by atoms with van der Waals surface area (Å²) in [4.78, 5) is 52.1. The van der Waals surface area contributed by atoms with Crippen molar-refractivity contribution >= 4 is 23.9 Å². The van der Waals surface area contributed by atoms with Gasteiger partial charge < -0.3 is 26.3 Å². The number of imide groups is 2. The smallest absolute Gasteiger partial charge is 0.404 e. The fraction of sp³-hybridized carbons (Fsp3) is 0.500. The van der Waals surface area contributed by atoms with E-state index in [4.69, 9.17) is 26.3 Å². The third kappa shape index (κ3) is 6.43. The van der Waals surface area contributed by atoms with Crippen LogP contribution >= 0.6 is 0 Å². The molecule has 0 bridgehead atoms. The molecule has 0 aromatic heterocycles. The molecule has 0 saturated carbocycles. The standard InChI is InChI=1S/C20H27N3O6.N3/c1-3-5-11-28-13-15(29-18(21)26)12-23-17(25)20(4-2,16(24)22-19(23)27)14-9-7-6-8-10-14;1-3-2/h6-10,15H,3-5,11-13H2,1-2H3,(H2,21,26)(H,22,24,27);/q;-1. The van der Waals surface area contributed by atoms with Gasteiger partial charge in [0.05, 0.1) is 13.2 Å². The van der Waals surface area contributed by atoms with Gasteiger partial charge >= 0.3 is 12.1 Å². The minimum Gasteiger partial charge on any atom is -0.442 e. The van der Waals surface area contributed by atoms with Gasteiger partial charge in [0.2, 0.25) is 5.91 Å². The molecule has 1 aromatic rings. The molecule has 12 nitrogen and oxygen atoms in total. The lowest BCUT2D eigenvalue weighted by Gasteiger charge is -2.39. The highest BCUT2D eigenvalue weighted by molar-refractivity contribution is 6.22. The van der Waals surface area contributed by atoms with Crippen LogP contribution in [0.15, 0.2) is 30.3 Å². The van der Waals surface area contributed by atoms with E-state index in [1.807, 2.05) is 6.92 Å². The molecular formula is C20H27N6O6-. The number of rotatable bonds is 10. The first-order chi connectivity index (χ1) is 15.3. The molecular weight excluding hydrogens is 420 g/mol. The topological polar surface area (TPSA) is 187 Å². The number of ether oxygens (including phenoxy) is 2. The Kier molecular flexibility index (Phi) is 10.7. The van der Waals surface area contributed by atoms with Crippen molar-refractivity contribution < 1.29 is 28.7 Å². The number of nitrogens with one attached hydrogen (secondary N) is 1. The Bertz CT molecular complexity index is 842. The SMILES string of the molecule is CCCCOCC(CN1C(=O)NC(=O)C(CC)(c2ccccc2)C1=O)OC(N)=O.[N-]=[N+]=[N-]. The van der Waals surface area contributed by atoms with Crippen molar-refractivity contribution in [1.82, 2.24) is 10.2 Å². The number of nitrogens with two attached hydrogens (primary N) is 1. The highest BCUT2D eigenvalue weighted by atomic mass is 16.6. The number of benzene rings is 1.